The summed E-state index contributed by atoms with van der Waals surface area (Å²) in [5.41, 5.74) is -2.12. The van der Waals surface area contributed by atoms with Gasteiger partial charge in [-0.05, 0) is 20.8 Å². The summed E-state index contributed by atoms with van der Waals surface area (Å²) < 4.78 is 12.2. The molecular weight excluding hydrogens is 211 g/mol. The number of carbonyl (C=O) groups is 2. The van der Waals surface area contributed by atoms with Gasteiger partial charge in [0.2, 0.25) is 5.91 Å². The lowest BCUT2D eigenvalue weighted by molar-refractivity contribution is -0.130. The molecule has 2 N–H and O–H groups in total. The molecule has 0 saturated carbocycles. The standard InChI is InChI=1S/C8H14ClFN2O2/c1-4(2)11-7(13)5(3)12-8(14)6(9)10/h4-6H,1-3H3,(H,11,13)(H,12,14). The highest BCUT2D eigenvalue weighted by atomic mass is 35.5. The molecule has 0 radical (unpaired) electrons. The molecule has 0 aliphatic carbocycles. The van der Waals surface area contributed by atoms with Crippen molar-refractivity contribution in [3.05, 3.63) is 0 Å². The van der Waals surface area contributed by atoms with Crippen LogP contribution in [0.4, 0.5) is 4.39 Å². The highest BCUT2D eigenvalue weighted by molar-refractivity contribution is 6.29. The molecule has 2 amide bonds. The first-order valence-electron chi connectivity index (χ1n) is 4.23. The Kier molecular flexibility index (Phi) is 5.45. The first kappa shape index (κ1) is 13.2. The van der Waals surface area contributed by atoms with Crippen molar-refractivity contribution in [3.8, 4) is 0 Å². The van der Waals surface area contributed by atoms with Crippen LogP contribution in [-0.2, 0) is 9.59 Å². The smallest absolute Gasteiger partial charge is 0.270 e. The van der Waals surface area contributed by atoms with Gasteiger partial charge in [-0.3, -0.25) is 9.59 Å². The zero-order chi connectivity index (χ0) is 11.3. The molecule has 0 fully saturated rings. The molecule has 14 heavy (non-hydrogen) atoms. The molecule has 0 spiro atoms. The maximum atomic E-state index is 12.2. The Labute approximate surface area is 87.2 Å². The average molecular weight is 225 g/mol. The minimum atomic E-state index is -2.12. The number of halogens is 2. The molecular formula is C8H14ClFN2O2. The van der Waals surface area contributed by atoms with Crippen LogP contribution in [0.15, 0.2) is 0 Å². The van der Waals surface area contributed by atoms with Gasteiger partial charge < -0.3 is 10.6 Å². The van der Waals surface area contributed by atoms with E-state index in [2.05, 4.69) is 10.6 Å². The Morgan fingerprint density at radius 1 is 1.14 bits per heavy atom. The third kappa shape index (κ3) is 5.01. The molecule has 0 aliphatic rings. The van der Waals surface area contributed by atoms with Gasteiger partial charge in [0.1, 0.15) is 6.04 Å². The average Bonchev–Trinajstić information content (AvgIpc) is 2.02. The summed E-state index contributed by atoms with van der Waals surface area (Å²) in [7, 11) is 0. The number of hydrogen-bond donors (Lipinski definition) is 2. The van der Waals surface area contributed by atoms with Gasteiger partial charge in [-0.1, -0.05) is 11.6 Å². The van der Waals surface area contributed by atoms with Gasteiger partial charge >= 0.3 is 0 Å². The Balaban J connectivity index is 4.01. The van der Waals surface area contributed by atoms with E-state index in [1.807, 2.05) is 0 Å². The Morgan fingerprint density at radius 2 is 1.64 bits per heavy atom. The van der Waals surface area contributed by atoms with Crippen LogP contribution >= 0.6 is 11.6 Å². The van der Waals surface area contributed by atoms with E-state index in [1.54, 1.807) is 13.8 Å². The Bertz CT molecular complexity index is 221. The van der Waals surface area contributed by atoms with E-state index in [1.165, 1.54) is 6.92 Å². The number of hydrogen-bond acceptors (Lipinski definition) is 2. The lowest BCUT2D eigenvalue weighted by Crippen LogP contribution is -2.48. The number of rotatable bonds is 4. The maximum Gasteiger partial charge on any atom is 0.270 e. The van der Waals surface area contributed by atoms with Gasteiger partial charge in [-0.15, -0.1) is 0 Å². The van der Waals surface area contributed by atoms with Crippen molar-refractivity contribution < 1.29 is 14.0 Å². The van der Waals surface area contributed by atoms with Crippen molar-refractivity contribution in [2.75, 3.05) is 0 Å². The highest BCUT2D eigenvalue weighted by Crippen LogP contribution is 1.97. The molecule has 0 rings (SSSR count). The first-order chi connectivity index (χ1) is 6.34. The van der Waals surface area contributed by atoms with E-state index in [0.29, 0.717) is 0 Å². The van der Waals surface area contributed by atoms with E-state index in [-0.39, 0.29) is 11.9 Å². The van der Waals surface area contributed by atoms with Crippen LogP contribution in [0.1, 0.15) is 20.8 Å². The van der Waals surface area contributed by atoms with Gasteiger partial charge in [0.25, 0.3) is 11.5 Å². The van der Waals surface area contributed by atoms with E-state index >= 15 is 0 Å². The molecule has 0 heterocycles. The fourth-order valence-electron chi connectivity index (χ4n) is 0.751. The summed E-state index contributed by atoms with van der Waals surface area (Å²) in [5.74, 6) is -1.37. The highest BCUT2D eigenvalue weighted by Gasteiger charge is 2.20. The Morgan fingerprint density at radius 3 is 2.00 bits per heavy atom. The quantitative estimate of drug-likeness (QED) is 0.686. The van der Waals surface area contributed by atoms with Crippen molar-refractivity contribution >= 4 is 23.4 Å². The van der Waals surface area contributed by atoms with Crippen LogP contribution in [0.5, 0.6) is 0 Å². The van der Waals surface area contributed by atoms with Gasteiger partial charge in [-0.25, -0.2) is 4.39 Å². The SMILES string of the molecule is CC(C)NC(=O)C(C)NC(=O)C(F)Cl. The lowest BCUT2D eigenvalue weighted by atomic mass is 10.3. The summed E-state index contributed by atoms with van der Waals surface area (Å²) in [4.78, 5) is 22.0. The lowest BCUT2D eigenvalue weighted by Gasteiger charge is -2.15. The summed E-state index contributed by atoms with van der Waals surface area (Å²) in [5, 5.41) is 4.69. The molecule has 0 aromatic heterocycles. The van der Waals surface area contributed by atoms with Gasteiger partial charge in [0.05, 0.1) is 0 Å². The number of amides is 2. The van der Waals surface area contributed by atoms with Gasteiger partial charge in [0.15, 0.2) is 0 Å². The van der Waals surface area contributed by atoms with Crippen molar-refractivity contribution in [2.45, 2.75) is 38.5 Å². The number of carbonyl (C=O) groups excluding carboxylic acids is 2. The second-order valence-corrected chi connectivity index (χ2v) is 3.58. The van der Waals surface area contributed by atoms with Crippen molar-refractivity contribution in [2.24, 2.45) is 0 Å². The predicted octanol–water partition coefficient (Wildman–Crippen LogP) is 0.550. The van der Waals surface area contributed by atoms with Crippen LogP contribution in [-0.4, -0.2) is 29.5 Å². The van der Waals surface area contributed by atoms with Crippen molar-refractivity contribution in [3.63, 3.8) is 0 Å². The molecule has 2 atom stereocenters. The van der Waals surface area contributed by atoms with Crippen LogP contribution in [0, 0.1) is 0 Å². The Hall–Kier alpha value is -0.840. The van der Waals surface area contributed by atoms with Crippen molar-refractivity contribution in [1.82, 2.24) is 10.6 Å². The van der Waals surface area contributed by atoms with Crippen LogP contribution in [0.2, 0.25) is 0 Å². The molecule has 0 aromatic carbocycles. The van der Waals surface area contributed by atoms with Crippen LogP contribution in [0.25, 0.3) is 0 Å². The summed E-state index contributed by atoms with van der Waals surface area (Å²) in [6.07, 6.45) is 0. The molecule has 82 valence electrons. The minimum Gasteiger partial charge on any atom is -0.352 e. The summed E-state index contributed by atoms with van der Waals surface area (Å²) in [6, 6.07) is -0.819. The fraction of sp³-hybridized carbons (Fsp3) is 0.750. The summed E-state index contributed by atoms with van der Waals surface area (Å²) >= 11 is 4.87. The number of nitrogens with one attached hydrogen (secondary N) is 2. The van der Waals surface area contributed by atoms with Crippen LogP contribution < -0.4 is 10.6 Å². The molecule has 0 aromatic rings. The molecule has 4 nitrogen and oxygen atoms in total. The normalized spacial score (nSPS) is 14.7. The minimum absolute atomic E-state index is 0.0287. The zero-order valence-corrected chi connectivity index (χ0v) is 9.06. The van der Waals surface area contributed by atoms with E-state index < -0.39 is 17.6 Å². The van der Waals surface area contributed by atoms with Crippen LogP contribution in [0.3, 0.4) is 0 Å². The first-order valence-corrected chi connectivity index (χ1v) is 4.67. The number of alkyl halides is 2. The molecule has 0 aliphatic heterocycles. The van der Waals surface area contributed by atoms with E-state index in [4.69, 9.17) is 11.6 Å². The van der Waals surface area contributed by atoms with Gasteiger partial charge in [-0.2, -0.15) is 0 Å². The molecule has 0 saturated heterocycles. The zero-order valence-electron chi connectivity index (χ0n) is 8.30. The van der Waals surface area contributed by atoms with Gasteiger partial charge in [0, 0.05) is 6.04 Å². The largest absolute Gasteiger partial charge is 0.352 e. The van der Waals surface area contributed by atoms with E-state index in [0.717, 1.165) is 0 Å². The maximum absolute atomic E-state index is 12.2. The topological polar surface area (TPSA) is 58.2 Å². The second-order valence-electron chi connectivity index (χ2n) is 3.19. The monoisotopic (exact) mass is 224 g/mol. The van der Waals surface area contributed by atoms with Crippen molar-refractivity contribution in [1.29, 1.82) is 0 Å². The molecule has 0 bridgehead atoms. The molecule has 2 unspecified atom stereocenters. The summed E-state index contributed by atoms with van der Waals surface area (Å²) in [6.45, 7) is 5.02. The second kappa shape index (κ2) is 5.80. The third-order valence-electron chi connectivity index (χ3n) is 1.38. The fourth-order valence-corrected chi connectivity index (χ4v) is 0.814. The third-order valence-corrected chi connectivity index (χ3v) is 1.58. The predicted molar refractivity (Wildman–Crippen MR) is 51.6 cm³/mol. The van der Waals surface area contributed by atoms with E-state index in [9.17, 15) is 14.0 Å². The molecule has 6 heteroatoms.